The van der Waals surface area contributed by atoms with Crippen LogP contribution >= 0.6 is 0 Å². The second-order valence-corrected chi connectivity index (χ2v) is 6.33. The fourth-order valence-corrected chi connectivity index (χ4v) is 3.28. The normalized spacial score (nSPS) is 18.4. The maximum atomic E-state index is 12.6. The van der Waals surface area contributed by atoms with Crippen LogP contribution in [0.3, 0.4) is 0 Å². The van der Waals surface area contributed by atoms with Crippen molar-refractivity contribution in [1.82, 2.24) is 20.0 Å². The number of H-pyrrole nitrogens is 1. The number of aromatic nitrogens is 3. The first-order valence-electron chi connectivity index (χ1n) is 8.18. The smallest absolute Gasteiger partial charge is 0.357 e. The van der Waals surface area contributed by atoms with E-state index in [2.05, 4.69) is 19.6 Å². The lowest BCUT2D eigenvalue weighted by molar-refractivity contribution is -0.142. The summed E-state index contributed by atoms with van der Waals surface area (Å²) in [4.78, 5) is 21.6. The Balaban J connectivity index is 1.52. The summed E-state index contributed by atoms with van der Waals surface area (Å²) in [5.74, 6) is -0.907. The Morgan fingerprint density at radius 1 is 1.35 bits per heavy atom. The number of nitrogens with zero attached hydrogens (tertiary/aromatic N) is 3. The van der Waals surface area contributed by atoms with Crippen LogP contribution in [-0.2, 0) is 6.18 Å². The average Bonchev–Trinajstić information content (AvgIpc) is 3.28. The van der Waals surface area contributed by atoms with Crippen molar-refractivity contribution in [3.05, 3.63) is 47.6 Å². The van der Waals surface area contributed by atoms with E-state index in [0.29, 0.717) is 19.2 Å². The maximum absolute atomic E-state index is 12.6. The third-order valence-electron chi connectivity index (χ3n) is 4.57. The Hall–Kier alpha value is -2.84. The second kappa shape index (κ2) is 6.15. The summed E-state index contributed by atoms with van der Waals surface area (Å²) in [6.45, 7) is 0.865. The quantitative estimate of drug-likeness (QED) is 0.754. The standard InChI is InChI=1S/C17H15F3N4O2/c18-17(19,20)15-8-14(26-23-15)16(25)24-6-2-3-10(9-24)12-7-13-11(22-12)4-1-5-21-13/h1,4-5,7-8,10,22H,2-3,6,9H2. The van der Waals surface area contributed by atoms with E-state index in [9.17, 15) is 18.0 Å². The number of alkyl halides is 3. The van der Waals surface area contributed by atoms with Crippen LogP contribution in [-0.4, -0.2) is 39.0 Å². The molecule has 1 saturated heterocycles. The van der Waals surface area contributed by atoms with Crippen molar-refractivity contribution in [1.29, 1.82) is 0 Å². The van der Waals surface area contributed by atoms with Gasteiger partial charge in [0, 0.05) is 37.0 Å². The lowest BCUT2D eigenvalue weighted by Crippen LogP contribution is -2.39. The number of piperidine rings is 1. The van der Waals surface area contributed by atoms with Gasteiger partial charge in [-0.2, -0.15) is 13.2 Å². The zero-order chi connectivity index (χ0) is 18.3. The van der Waals surface area contributed by atoms with Gasteiger partial charge in [0.1, 0.15) is 0 Å². The van der Waals surface area contributed by atoms with E-state index in [-0.39, 0.29) is 5.92 Å². The van der Waals surface area contributed by atoms with Crippen LogP contribution in [0.2, 0.25) is 0 Å². The number of hydrogen-bond donors (Lipinski definition) is 1. The summed E-state index contributed by atoms with van der Waals surface area (Å²) in [5.41, 5.74) is 1.52. The van der Waals surface area contributed by atoms with Crippen molar-refractivity contribution in [2.24, 2.45) is 0 Å². The molecule has 26 heavy (non-hydrogen) atoms. The zero-order valence-corrected chi connectivity index (χ0v) is 13.6. The van der Waals surface area contributed by atoms with E-state index in [1.54, 1.807) is 6.20 Å². The number of carbonyl (C=O) groups excluding carboxylic acids is 1. The largest absolute Gasteiger partial charge is 0.436 e. The molecule has 0 aromatic carbocycles. The minimum Gasteiger partial charge on any atom is -0.357 e. The molecule has 4 heterocycles. The zero-order valence-electron chi connectivity index (χ0n) is 13.6. The average molecular weight is 364 g/mol. The van der Waals surface area contributed by atoms with Gasteiger partial charge in [0.05, 0.1) is 11.0 Å². The van der Waals surface area contributed by atoms with E-state index in [4.69, 9.17) is 0 Å². The van der Waals surface area contributed by atoms with Crippen LogP contribution in [0.5, 0.6) is 0 Å². The van der Waals surface area contributed by atoms with Crippen LogP contribution in [0, 0.1) is 0 Å². The number of pyridine rings is 1. The summed E-state index contributed by atoms with van der Waals surface area (Å²) in [5, 5.41) is 2.95. The summed E-state index contributed by atoms with van der Waals surface area (Å²) in [6.07, 6.45) is -1.30. The Labute approximate surface area is 146 Å². The van der Waals surface area contributed by atoms with Crippen molar-refractivity contribution < 1.29 is 22.5 Å². The van der Waals surface area contributed by atoms with Gasteiger partial charge in [-0.1, -0.05) is 5.16 Å². The highest BCUT2D eigenvalue weighted by Crippen LogP contribution is 2.31. The van der Waals surface area contributed by atoms with Crippen LogP contribution in [0.1, 0.15) is 40.7 Å². The molecule has 0 bridgehead atoms. The Bertz CT molecular complexity index is 914. The van der Waals surface area contributed by atoms with E-state index >= 15 is 0 Å². The highest BCUT2D eigenvalue weighted by atomic mass is 19.4. The van der Waals surface area contributed by atoms with Crippen molar-refractivity contribution in [3.63, 3.8) is 0 Å². The SMILES string of the molecule is O=C(c1cc(C(F)(F)F)no1)N1CCCC(c2cc3ncccc3[nH]2)C1. The van der Waals surface area contributed by atoms with Crippen LogP contribution in [0.25, 0.3) is 11.0 Å². The first-order chi connectivity index (χ1) is 12.4. The molecule has 1 fully saturated rings. The van der Waals surface area contributed by atoms with Gasteiger partial charge in [-0.3, -0.25) is 9.78 Å². The molecule has 0 spiro atoms. The molecule has 4 rings (SSSR count). The van der Waals surface area contributed by atoms with Gasteiger partial charge in [-0.05, 0) is 31.0 Å². The second-order valence-electron chi connectivity index (χ2n) is 6.33. The molecule has 1 aliphatic heterocycles. The fraction of sp³-hybridized carbons (Fsp3) is 0.353. The molecule has 1 N–H and O–H groups in total. The molecular formula is C17H15F3N4O2. The van der Waals surface area contributed by atoms with E-state index in [0.717, 1.165) is 29.6 Å². The molecule has 1 atom stereocenters. The van der Waals surface area contributed by atoms with Gasteiger partial charge in [-0.15, -0.1) is 0 Å². The van der Waals surface area contributed by atoms with Gasteiger partial charge in [0.2, 0.25) is 5.76 Å². The molecule has 0 saturated carbocycles. The number of likely N-dealkylation sites (tertiary alicyclic amines) is 1. The predicted octanol–water partition coefficient (Wildman–Crippen LogP) is 3.59. The molecule has 136 valence electrons. The van der Waals surface area contributed by atoms with E-state index in [1.807, 2.05) is 18.2 Å². The Morgan fingerprint density at radius 2 is 2.19 bits per heavy atom. The summed E-state index contributed by atoms with van der Waals surface area (Å²) < 4.78 is 42.5. The molecule has 1 amide bonds. The molecule has 0 radical (unpaired) electrons. The topological polar surface area (TPSA) is 75.0 Å². The lowest BCUT2D eigenvalue weighted by Gasteiger charge is -2.31. The van der Waals surface area contributed by atoms with Gasteiger partial charge in [0.25, 0.3) is 5.91 Å². The summed E-state index contributed by atoms with van der Waals surface area (Å²) in [7, 11) is 0. The van der Waals surface area contributed by atoms with Gasteiger partial charge >= 0.3 is 6.18 Å². The van der Waals surface area contributed by atoms with Crippen LogP contribution < -0.4 is 0 Å². The molecule has 6 nitrogen and oxygen atoms in total. The Kier molecular flexibility index (Phi) is 3.93. The first-order valence-corrected chi connectivity index (χ1v) is 8.18. The molecule has 3 aromatic heterocycles. The van der Waals surface area contributed by atoms with Crippen LogP contribution in [0.4, 0.5) is 13.2 Å². The van der Waals surface area contributed by atoms with Crippen molar-refractivity contribution in [2.75, 3.05) is 13.1 Å². The minimum absolute atomic E-state index is 0.0620. The monoisotopic (exact) mass is 364 g/mol. The number of amides is 1. The Morgan fingerprint density at radius 3 is 2.92 bits per heavy atom. The van der Waals surface area contributed by atoms with Gasteiger partial charge < -0.3 is 14.4 Å². The number of rotatable bonds is 2. The van der Waals surface area contributed by atoms with Gasteiger partial charge in [0.15, 0.2) is 5.69 Å². The van der Waals surface area contributed by atoms with Crippen molar-refractivity contribution in [3.8, 4) is 0 Å². The minimum atomic E-state index is -4.64. The predicted molar refractivity (Wildman–Crippen MR) is 85.5 cm³/mol. The molecule has 1 aliphatic rings. The number of aromatic amines is 1. The summed E-state index contributed by atoms with van der Waals surface area (Å²) in [6, 6.07) is 6.36. The molecule has 9 heteroatoms. The molecule has 0 aliphatic carbocycles. The highest BCUT2D eigenvalue weighted by Gasteiger charge is 2.37. The third kappa shape index (κ3) is 3.04. The number of fused-ring (bicyclic) bond motifs is 1. The molecule has 1 unspecified atom stereocenters. The molecular weight excluding hydrogens is 349 g/mol. The van der Waals surface area contributed by atoms with Crippen molar-refractivity contribution in [2.45, 2.75) is 24.9 Å². The number of carbonyl (C=O) groups is 1. The van der Waals surface area contributed by atoms with Gasteiger partial charge in [-0.25, -0.2) is 0 Å². The molecule has 3 aromatic rings. The fourth-order valence-electron chi connectivity index (χ4n) is 3.28. The first kappa shape index (κ1) is 16.6. The van der Waals surface area contributed by atoms with E-state index < -0.39 is 23.5 Å². The van der Waals surface area contributed by atoms with Crippen LogP contribution in [0.15, 0.2) is 35.0 Å². The number of hydrogen-bond acceptors (Lipinski definition) is 4. The van der Waals surface area contributed by atoms with E-state index in [1.165, 1.54) is 4.90 Å². The maximum Gasteiger partial charge on any atom is 0.436 e. The summed E-state index contributed by atoms with van der Waals surface area (Å²) >= 11 is 0. The lowest BCUT2D eigenvalue weighted by atomic mass is 9.94. The third-order valence-corrected chi connectivity index (χ3v) is 4.57. The van der Waals surface area contributed by atoms with Crippen molar-refractivity contribution >= 4 is 16.9 Å². The highest BCUT2D eigenvalue weighted by molar-refractivity contribution is 5.91. The number of nitrogens with one attached hydrogen (secondary N) is 1. The number of halogens is 3.